The fourth-order valence-electron chi connectivity index (χ4n) is 3.10. The molecule has 26 heavy (non-hydrogen) atoms. The monoisotopic (exact) mass is 395 g/mol. The summed E-state index contributed by atoms with van der Waals surface area (Å²) in [6.45, 7) is -0.105. The highest BCUT2D eigenvalue weighted by Crippen LogP contribution is 2.26. The first-order chi connectivity index (χ1) is 11.8. The Morgan fingerprint density at radius 3 is 2.08 bits per heavy atom. The number of nitrogens with zero attached hydrogens (tertiary/aromatic N) is 2. The third-order valence-corrected chi connectivity index (χ3v) is 4.46. The molecular weight excluding hydrogens is 378 g/mol. The Balaban J connectivity index is 0.00000243. The first-order valence-electron chi connectivity index (χ1n) is 7.92. The van der Waals surface area contributed by atoms with Gasteiger partial charge in [0.2, 0.25) is 5.91 Å². The molecule has 2 saturated heterocycles. The van der Waals surface area contributed by atoms with Crippen molar-refractivity contribution in [2.45, 2.75) is 18.4 Å². The number of halogens is 5. The number of amides is 2. The molecule has 0 radical (unpaired) electrons. The average Bonchev–Trinajstić information content (AvgIpc) is 2.94. The van der Waals surface area contributed by atoms with Crippen LogP contribution in [-0.4, -0.2) is 66.3 Å². The minimum absolute atomic E-state index is 0. The number of benzene rings is 1. The Morgan fingerprint density at radius 2 is 1.58 bits per heavy atom. The smallest absolute Gasteiger partial charge is 0.262 e. The van der Waals surface area contributed by atoms with E-state index in [9.17, 15) is 27.2 Å². The lowest BCUT2D eigenvalue weighted by Gasteiger charge is -2.36. The van der Waals surface area contributed by atoms with E-state index in [0.717, 1.165) is 12.1 Å². The van der Waals surface area contributed by atoms with Crippen LogP contribution in [0.25, 0.3) is 0 Å². The zero-order valence-electron chi connectivity index (χ0n) is 13.7. The highest BCUT2D eigenvalue weighted by atomic mass is 35.5. The molecule has 10 heteroatoms. The van der Waals surface area contributed by atoms with Gasteiger partial charge in [-0.3, -0.25) is 14.9 Å². The van der Waals surface area contributed by atoms with Crippen LogP contribution in [0.15, 0.2) is 18.2 Å². The summed E-state index contributed by atoms with van der Waals surface area (Å²) in [5, 5.41) is 2.50. The maximum atomic E-state index is 13.7. The van der Waals surface area contributed by atoms with Crippen LogP contribution in [0, 0.1) is 11.6 Å². The molecule has 2 aliphatic heterocycles. The van der Waals surface area contributed by atoms with E-state index < -0.39 is 53.9 Å². The minimum Gasteiger partial charge on any atom is -0.338 e. The topological polar surface area (TPSA) is 52.7 Å². The number of piperazine rings is 1. The van der Waals surface area contributed by atoms with Gasteiger partial charge in [0.15, 0.2) is 0 Å². The number of hydrogen-bond acceptors (Lipinski definition) is 3. The summed E-state index contributed by atoms with van der Waals surface area (Å²) in [5.74, 6) is -6.02. The molecule has 1 atom stereocenters. The standard InChI is InChI=1S/C16H17F4N3O2.ClH/c17-10-2-1-3-11(18)13(10)15(25)23-6-4-22(5-7-23)14(24)12-8-16(19,20)9-21-12;/h1-3,12,21H,4-9H2;1H. The third kappa shape index (κ3) is 4.09. The molecule has 144 valence electrons. The minimum atomic E-state index is -2.90. The molecule has 1 aromatic carbocycles. The van der Waals surface area contributed by atoms with Crippen molar-refractivity contribution in [1.82, 2.24) is 15.1 Å². The highest BCUT2D eigenvalue weighted by Gasteiger charge is 2.44. The van der Waals surface area contributed by atoms with E-state index in [4.69, 9.17) is 0 Å². The fourth-order valence-corrected chi connectivity index (χ4v) is 3.10. The Morgan fingerprint density at radius 1 is 1.04 bits per heavy atom. The summed E-state index contributed by atoms with van der Waals surface area (Å²) in [6, 6.07) is 2.23. The van der Waals surface area contributed by atoms with Gasteiger partial charge in [-0.05, 0) is 12.1 Å². The van der Waals surface area contributed by atoms with Gasteiger partial charge >= 0.3 is 0 Å². The van der Waals surface area contributed by atoms with Crippen molar-refractivity contribution < 1.29 is 27.2 Å². The van der Waals surface area contributed by atoms with Gasteiger partial charge in [0.1, 0.15) is 17.2 Å². The molecule has 3 rings (SSSR count). The van der Waals surface area contributed by atoms with Crippen LogP contribution in [0.1, 0.15) is 16.8 Å². The Hall–Kier alpha value is -1.87. The molecule has 0 aromatic heterocycles. The number of carbonyl (C=O) groups is 2. The van der Waals surface area contributed by atoms with Crippen molar-refractivity contribution in [2.24, 2.45) is 0 Å². The van der Waals surface area contributed by atoms with Crippen molar-refractivity contribution in [3.8, 4) is 0 Å². The van der Waals surface area contributed by atoms with Crippen LogP contribution in [-0.2, 0) is 4.79 Å². The Bertz CT molecular complexity index is 676. The molecule has 2 aliphatic rings. The van der Waals surface area contributed by atoms with E-state index in [1.807, 2.05) is 0 Å². The SMILES string of the molecule is Cl.O=C(c1c(F)cccc1F)N1CCN(C(=O)C2CC(F)(F)CN2)CC1. The van der Waals surface area contributed by atoms with Gasteiger partial charge in [0.25, 0.3) is 11.8 Å². The molecule has 1 N–H and O–H groups in total. The second kappa shape index (κ2) is 7.79. The molecule has 1 aromatic rings. The van der Waals surface area contributed by atoms with Crippen LogP contribution in [0.5, 0.6) is 0 Å². The largest absolute Gasteiger partial charge is 0.338 e. The van der Waals surface area contributed by atoms with Gasteiger partial charge in [-0.1, -0.05) is 6.07 Å². The van der Waals surface area contributed by atoms with Gasteiger partial charge in [0, 0.05) is 32.6 Å². The number of carbonyl (C=O) groups excluding carboxylic acids is 2. The summed E-state index contributed by atoms with van der Waals surface area (Å²) in [7, 11) is 0. The van der Waals surface area contributed by atoms with Crippen LogP contribution >= 0.6 is 12.4 Å². The van der Waals surface area contributed by atoms with E-state index in [1.54, 1.807) is 0 Å². The average molecular weight is 396 g/mol. The molecule has 0 saturated carbocycles. The highest BCUT2D eigenvalue weighted by molar-refractivity contribution is 5.95. The van der Waals surface area contributed by atoms with Crippen molar-refractivity contribution >= 4 is 24.2 Å². The fraction of sp³-hybridized carbons (Fsp3) is 0.500. The third-order valence-electron chi connectivity index (χ3n) is 4.46. The van der Waals surface area contributed by atoms with Gasteiger partial charge in [0.05, 0.1) is 12.6 Å². The predicted octanol–water partition coefficient (Wildman–Crippen LogP) is 1.67. The van der Waals surface area contributed by atoms with Crippen molar-refractivity contribution in [1.29, 1.82) is 0 Å². The second-order valence-electron chi connectivity index (χ2n) is 6.21. The molecule has 2 heterocycles. The normalized spacial score (nSPS) is 22.1. The van der Waals surface area contributed by atoms with Gasteiger partial charge in [-0.2, -0.15) is 0 Å². The summed E-state index contributed by atoms with van der Waals surface area (Å²) >= 11 is 0. The molecule has 1 unspecified atom stereocenters. The van der Waals surface area contributed by atoms with E-state index in [1.165, 1.54) is 15.9 Å². The summed E-state index contributed by atoms with van der Waals surface area (Å²) in [6.07, 6.45) is -0.550. The summed E-state index contributed by atoms with van der Waals surface area (Å²) in [4.78, 5) is 27.2. The van der Waals surface area contributed by atoms with Gasteiger partial charge < -0.3 is 9.80 Å². The van der Waals surface area contributed by atoms with Crippen molar-refractivity contribution in [3.63, 3.8) is 0 Å². The molecule has 5 nitrogen and oxygen atoms in total. The van der Waals surface area contributed by atoms with Crippen LogP contribution in [0.2, 0.25) is 0 Å². The summed E-state index contributed by atoms with van der Waals surface area (Å²) in [5.41, 5.74) is -0.626. The zero-order chi connectivity index (χ0) is 18.2. The second-order valence-corrected chi connectivity index (χ2v) is 6.21. The van der Waals surface area contributed by atoms with E-state index >= 15 is 0 Å². The lowest BCUT2D eigenvalue weighted by Crippen LogP contribution is -2.54. The zero-order valence-corrected chi connectivity index (χ0v) is 14.5. The first-order valence-corrected chi connectivity index (χ1v) is 7.92. The molecule has 0 aliphatic carbocycles. The maximum absolute atomic E-state index is 13.7. The number of hydrogen-bond donors (Lipinski definition) is 1. The molecule has 0 bridgehead atoms. The quantitative estimate of drug-likeness (QED) is 0.775. The lowest BCUT2D eigenvalue weighted by atomic mass is 10.1. The van der Waals surface area contributed by atoms with Gasteiger partial charge in [-0.25, -0.2) is 17.6 Å². The molecular formula is C16H18ClF4N3O2. The summed E-state index contributed by atoms with van der Waals surface area (Å²) < 4.78 is 53.8. The van der Waals surface area contributed by atoms with Gasteiger partial charge in [-0.15, -0.1) is 12.4 Å². The Labute approximate surface area is 153 Å². The first kappa shape index (κ1) is 20.4. The van der Waals surface area contributed by atoms with Crippen LogP contribution < -0.4 is 5.32 Å². The van der Waals surface area contributed by atoms with E-state index in [-0.39, 0.29) is 38.6 Å². The van der Waals surface area contributed by atoms with Crippen LogP contribution in [0.3, 0.4) is 0 Å². The predicted molar refractivity (Wildman–Crippen MR) is 87.4 cm³/mol. The number of nitrogens with one attached hydrogen (secondary N) is 1. The van der Waals surface area contributed by atoms with E-state index in [2.05, 4.69) is 5.32 Å². The Kier molecular flexibility index (Phi) is 6.13. The molecule has 2 fully saturated rings. The molecule has 2 amide bonds. The number of rotatable bonds is 2. The van der Waals surface area contributed by atoms with E-state index in [0.29, 0.717) is 0 Å². The number of alkyl halides is 2. The van der Waals surface area contributed by atoms with Crippen LogP contribution in [0.4, 0.5) is 17.6 Å². The maximum Gasteiger partial charge on any atom is 0.262 e. The molecule has 0 spiro atoms. The van der Waals surface area contributed by atoms with Crippen molar-refractivity contribution in [2.75, 3.05) is 32.7 Å². The van der Waals surface area contributed by atoms with Crippen molar-refractivity contribution in [3.05, 3.63) is 35.4 Å². The lowest BCUT2D eigenvalue weighted by molar-refractivity contribution is -0.135.